The Morgan fingerprint density at radius 2 is 2.16 bits per heavy atom. The highest BCUT2D eigenvalue weighted by Gasteiger charge is 2.55. The Morgan fingerprint density at radius 1 is 1.36 bits per heavy atom. The number of carbonyl (C=O) groups is 2. The number of carboxylic acids is 1. The first-order chi connectivity index (χ1) is 11.9. The SMILES string of the molecule is CC(C)CN1CCOC(CNC(=O)N2C[C@@H]3CCC[C@@]3(C(=O)O)C2)C1. The fourth-order valence-electron chi connectivity index (χ4n) is 4.69. The highest BCUT2D eigenvalue weighted by atomic mass is 16.5. The van der Waals surface area contributed by atoms with Gasteiger partial charge in [0, 0.05) is 39.3 Å². The van der Waals surface area contributed by atoms with E-state index in [1.165, 1.54) is 0 Å². The summed E-state index contributed by atoms with van der Waals surface area (Å²) < 4.78 is 5.77. The van der Waals surface area contributed by atoms with E-state index in [1.807, 2.05) is 0 Å². The van der Waals surface area contributed by atoms with E-state index in [1.54, 1.807) is 4.90 Å². The smallest absolute Gasteiger partial charge is 0.317 e. The minimum atomic E-state index is -0.745. The number of rotatable bonds is 5. The molecule has 1 unspecified atom stereocenters. The average molecular weight is 353 g/mol. The summed E-state index contributed by atoms with van der Waals surface area (Å²) in [5.74, 6) is -0.0296. The van der Waals surface area contributed by atoms with E-state index in [4.69, 9.17) is 4.74 Å². The molecule has 0 bridgehead atoms. The van der Waals surface area contributed by atoms with Gasteiger partial charge in [0.25, 0.3) is 0 Å². The highest BCUT2D eigenvalue weighted by molar-refractivity contribution is 5.80. The maximum atomic E-state index is 12.5. The molecule has 3 fully saturated rings. The van der Waals surface area contributed by atoms with Gasteiger partial charge in [-0.05, 0) is 24.7 Å². The summed E-state index contributed by atoms with van der Waals surface area (Å²) in [6.45, 7) is 9.30. The van der Waals surface area contributed by atoms with E-state index in [-0.39, 0.29) is 18.1 Å². The summed E-state index contributed by atoms with van der Waals surface area (Å²) in [5.41, 5.74) is -0.716. The third-order valence-electron chi connectivity index (χ3n) is 5.91. The van der Waals surface area contributed by atoms with Crippen LogP contribution in [-0.4, -0.2) is 78.9 Å². The number of fused-ring (bicyclic) bond motifs is 1. The Bertz CT molecular complexity index is 513. The van der Waals surface area contributed by atoms with Crippen LogP contribution in [0.3, 0.4) is 0 Å². The van der Waals surface area contributed by atoms with Gasteiger partial charge in [-0.15, -0.1) is 0 Å². The van der Waals surface area contributed by atoms with Crippen LogP contribution in [0.5, 0.6) is 0 Å². The average Bonchev–Trinajstić information content (AvgIpc) is 3.10. The van der Waals surface area contributed by atoms with Crippen molar-refractivity contribution in [2.45, 2.75) is 39.2 Å². The number of amides is 2. The topological polar surface area (TPSA) is 82.1 Å². The van der Waals surface area contributed by atoms with E-state index >= 15 is 0 Å². The Balaban J connectivity index is 1.48. The molecular weight excluding hydrogens is 322 g/mol. The van der Waals surface area contributed by atoms with Crippen molar-refractivity contribution in [3.05, 3.63) is 0 Å². The third kappa shape index (κ3) is 3.92. The van der Waals surface area contributed by atoms with Crippen LogP contribution >= 0.6 is 0 Å². The first kappa shape index (κ1) is 18.5. The zero-order valence-corrected chi connectivity index (χ0v) is 15.4. The predicted octanol–water partition coefficient (Wildman–Crippen LogP) is 1.24. The van der Waals surface area contributed by atoms with E-state index < -0.39 is 11.4 Å². The van der Waals surface area contributed by atoms with Gasteiger partial charge in [0.1, 0.15) is 0 Å². The fourth-order valence-corrected chi connectivity index (χ4v) is 4.69. The molecule has 2 N–H and O–H groups in total. The molecule has 2 heterocycles. The number of hydrogen-bond donors (Lipinski definition) is 2. The molecule has 7 nitrogen and oxygen atoms in total. The van der Waals surface area contributed by atoms with Gasteiger partial charge in [-0.3, -0.25) is 9.69 Å². The summed E-state index contributed by atoms with van der Waals surface area (Å²) in [6, 6.07) is -0.153. The molecule has 1 aliphatic carbocycles. The molecule has 0 spiro atoms. The summed E-state index contributed by atoms with van der Waals surface area (Å²) in [7, 11) is 0. The van der Waals surface area contributed by atoms with Crippen molar-refractivity contribution in [2.75, 3.05) is 45.9 Å². The first-order valence-corrected chi connectivity index (χ1v) is 9.51. The molecule has 7 heteroatoms. The molecule has 142 valence electrons. The van der Waals surface area contributed by atoms with Crippen molar-refractivity contribution in [3.8, 4) is 0 Å². The number of nitrogens with one attached hydrogen (secondary N) is 1. The molecule has 2 saturated heterocycles. The molecule has 1 saturated carbocycles. The Labute approximate surface area is 149 Å². The van der Waals surface area contributed by atoms with Crippen molar-refractivity contribution in [3.63, 3.8) is 0 Å². The lowest BCUT2D eigenvalue weighted by molar-refractivity contribution is -0.149. The van der Waals surface area contributed by atoms with Crippen LogP contribution in [0.2, 0.25) is 0 Å². The number of ether oxygens (including phenoxy) is 1. The van der Waals surface area contributed by atoms with E-state index in [9.17, 15) is 14.7 Å². The lowest BCUT2D eigenvalue weighted by Crippen LogP contribution is -2.50. The van der Waals surface area contributed by atoms with Gasteiger partial charge in [0.2, 0.25) is 0 Å². The number of urea groups is 1. The minimum absolute atomic E-state index is 0.00647. The molecule has 3 aliphatic rings. The third-order valence-corrected chi connectivity index (χ3v) is 5.91. The lowest BCUT2D eigenvalue weighted by atomic mass is 9.81. The molecule has 3 rings (SSSR count). The zero-order valence-electron chi connectivity index (χ0n) is 15.4. The molecule has 0 radical (unpaired) electrons. The first-order valence-electron chi connectivity index (χ1n) is 9.51. The number of morpholine rings is 1. The van der Waals surface area contributed by atoms with Gasteiger partial charge in [0.05, 0.1) is 18.1 Å². The number of aliphatic carboxylic acids is 1. The molecule has 0 aromatic rings. The van der Waals surface area contributed by atoms with Crippen LogP contribution in [0.4, 0.5) is 4.79 Å². The molecule has 2 aliphatic heterocycles. The quantitative estimate of drug-likeness (QED) is 0.777. The molecule has 3 atom stereocenters. The number of carboxylic acid groups (broad SMARTS) is 1. The Morgan fingerprint density at radius 3 is 2.84 bits per heavy atom. The van der Waals surface area contributed by atoms with E-state index in [2.05, 4.69) is 24.1 Å². The minimum Gasteiger partial charge on any atom is -0.481 e. The monoisotopic (exact) mass is 353 g/mol. The van der Waals surface area contributed by atoms with Crippen LogP contribution in [0.15, 0.2) is 0 Å². The van der Waals surface area contributed by atoms with Gasteiger partial charge in [-0.25, -0.2) is 4.79 Å². The largest absolute Gasteiger partial charge is 0.481 e. The van der Waals surface area contributed by atoms with Crippen LogP contribution in [0, 0.1) is 17.3 Å². The van der Waals surface area contributed by atoms with Crippen molar-refractivity contribution in [1.82, 2.24) is 15.1 Å². The molecular formula is C18H31N3O4. The molecule has 25 heavy (non-hydrogen) atoms. The van der Waals surface area contributed by atoms with Gasteiger partial charge in [-0.2, -0.15) is 0 Å². The van der Waals surface area contributed by atoms with Gasteiger partial charge in [-0.1, -0.05) is 20.3 Å². The lowest BCUT2D eigenvalue weighted by Gasteiger charge is -2.34. The summed E-state index contributed by atoms with van der Waals surface area (Å²) >= 11 is 0. The van der Waals surface area contributed by atoms with Crippen molar-refractivity contribution in [2.24, 2.45) is 17.3 Å². The summed E-state index contributed by atoms with van der Waals surface area (Å²) in [6.07, 6.45) is 2.55. The summed E-state index contributed by atoms with van der Waals surface area (Å²) in [5, 5.41) is 12.6. The maximum Gasteiger partial charge on any atom is 0.317 e. The Hall–Kier alpha value is -1.34. The van der Waals surface area contributed by atoms with Crippen molar-refractivity contribution < 1.29 is 19.4 Å². The summed E-state index contributed by atoms with van der Waals surface area (Å²) in [4.78, 5) is 28.3. The normalized spacial score (nSPS) is 32.8. The van der Waals surface area contributed by atoms with Crippen molar-refractivity contribution in [1.29, 1.82) is 0 Å². The number of carbonyl (C=O) groups excluding carboxylic acids is 1. The van der Waals surface area contributed by atoms with E-state index in [0.29, 0.717) is 38.6 Å². The van der Waals surface area contributed by atoms with Gasteiger partial charge < -0.3 is 20.1 Å². The Kier molecular flexibility index (Phi) is 5.53. The zero-order chi connectivity index (χ0) is 18.0. The second-order valence-corrected chi connectivity index (χ2v) is 8.26. The molecule has 0 aromatic heterocycles. The van der Waals surface area contributed by atoms with Gasteiger partial charge >= 0.3 is 12.0 Å². The van der Waals surface area contributed by atoms with Crippen LogP contribution in [-0.2, 0) is 9.53 Å². The van der Waals surface area contributed by atoms with E-state index in [0.717, 1.165) is 32.5 Å². The van der Waals surface area contributed by atoms with Crippen LogP contribution in [0.1, 0.15) is 33.1 Å². The number of hydrogen-bond acceptors (Lipinski definition) is 4. The second-order valence-electron chi connectivity index (χ2n) is 8.26. The van der Waals surface area contributed by atoms with Crippen molar-refractivity contribution >= 4 is 12.0 Å². The van der Waals surface area contributed by atoms with Crippen LogP contribution < -0.4 is 5.32 Å². The van der Waals surface area contributed by atoms with Crippen LogP contribution in [0.25, 0.3) is 0 Å². The second kappa shape index (κ2) is 7.50. The highest BCUT2D eigenvalue weighted by Crippen LogP contribution is 2.48. The standard InChI is InChI=1S/C18H31N3O4/c1-13(2)9-20-6-7-25-15(11-20)8-19-17(24)21-10-14-4-3-5-18(14,12-21)16(22)23/h13-15H,3-12H2,1-2H3,(H,19,24)(H,22,23)/t14-,15?,18+/m0/s1. The number of nitrogens with zero attached hydrogens (tertiary/aromatic N) is 2. The molecule has 2 amide bonds. The predicted molar refractivity (Wildman–Crippen MR) is 93.4 cm³/mol. The number of likely N-dealkylation sites (tertiary alicyclic amines) is 1. The van der Waals surface area contributed by atoms with Gasteiger partial charge in [0.15, 0.2) is 0 Å². The fraction of sp³-hybridized carbons (Fsp3) is 0.889. The molecule has 0 aromatic carbocycles. The maximum absolute atomic E-state index is 12.5.